The number of ether oxygens (including phenoxy) is 1. The molecular formula is C13H15BrN2O3. The van der Waals surface area contributed by atoms with Gasteiger partial charge in [0.15, 0.2) is 0 Å². The summed E-state index contributed by atoms with van der Waals surface area (Å²) in [6.45, 7) is 4.09. The van der Waals surface area contributed by atoms with E-state index in [1.54, 1.807) is 6.07 Å². The second-order valence-corrected chi connectivity index (χ2v) is 5.34. The van der Waals surface area contributed by atoms with Gasteiger partial charge in [-0.05, 0) is 26.3 Å². The Balaban J connectivity index is 2.74. The van der Waals surface area contributed by atoms with Crippen molar-refractivity contribution in [1.29, 1.82) is 5.26 Å². The average Bonchev–Trinajstić information content (AvgIpc) is 2.38. The van der Waals surface area contributed by atoms with Gasteiger partial charge in [-0.25, -0.2) is 0 Å². The normalized spacial score (nSPS) is 10.8. The minimum atomic E-state index is -0.436. The number of hydrogen-bond donors (Lipinski definition) is 0. The third kappa shape index (κ3) is 4.52. The van der Waals surface area contributed by atoms with Crippen LogP contribution in [0, 0.1) is 26.9 Å². The largest absolute Gasteiger partial charge is 0.493 e. The smallest absolute Gasteiger partial charge is 0.270 e. The van der Waals surface area contributed by atoms with Crippen LogP contribution in [0.2, 0.25) is 0 Å². The Morgan fingerprint density at radius 2 is 2.21 bits per heavy atom. The van der Waals surface area contributed by atoms with Gasteiger partial charge in [-0.2, -0.15) is 5.26 Å². The molecular weight excluding hydrogens is 312 g/mol. The van der Waals surface area contributed by atoms with Gasteiger partial charge in [0.2, 0.25) is 0 Å². The van der Waals surface area contributed by atoms with Gasteiger partial charge in [-0.15, -0.1) is 0 Å². The molecule has 0 N–H and O–H groups in total. The maximum atomic E-state index is 10.7. The van der Waals surface area contributed by atoms with E-state index < -0.39 is 10.3 Å². The summed E-state index contributed by atoms with van der Waals surface area (Å²) >= 11 is 3.28. The van der Waals surface area contributed by atoms with E-state index in [4.69, 9.17) is 10.00 Å². The van der Waals surface area contributed by atoms with Crippen LogP contribution in [-0.2, 0) is 5.33 Å². The Kier molecular flexibility index (Phi) is 5.31. The maximum absolute atomic E-state index is 10.7. The number of nitriles is 1. The minimum absolute atomic E-state index is 0.0409. The fourth-order valence-corrected chi connectivity index (χ4v) is 1.83. The molecule has 0 aliphatic heterocycles. The van der Waals surface area contributed by atoms with Crippen molar-refractivity contribution in [2.45, 2.75) is 25.6 Å². The first kappa shape index (κ1) is 15.4. The average molecular weight is 327 g/mol. The lowest BCUT2D eigenvalue weighted by atomic mass is 9.92. The monoisotopic (exact) mass is 326 g/mol. The zero-order chi connectivity index (χ0) is 14.5. The van der Waals surface area contributed by atoms with E-state index in [1.807, 2.05) is 13.8 Å². The molecule has 0 bridgehead atoms. The first-order chi connectivity index (χ1) is 8.89. The van der Waals surface area contributed by atoms with Crippen molar-refractivity contribution < 1.29 is 9.66 Å². The van der Waals surface area contributed by atoms with Crippen molar-refractivity contribution in [3.63, 3.8) is 0 Å². The van der Waals surface area contributed by atoms with Crippen LogP contribution in [0.1, 0.15) is 25.8 Å². The second-order valence-electron chi connectivity index (χ2n) is 4.78. The molecule has 1 rings (SSSR count). The molecule has 102 valence electrons. The standard InChI is InChI=1S/C13H15BrN2O3/c1-13(2,9-15)5-6-19-12-4-3-11(16(17)18)7-10(12)8-14/h3-4,7H,5-6,8H2,1-2H3. The molecule has 0 unspecified atom stereocenters. The number of halogens is 1. The highest BCUT2D eigenvalue weighted by atomic mass is 79.9. The molecule has 5 nitrogen and oxygen atoms in total. The van der Waals surface area contributed by atoms with Gasteiger partial charge in [-0.3, -0.25) is 10.1 Å². The summed E-state index contributed by atoms with van der Waals surface area (Å²) in [5.41, 5.74) is 0.332. The van der Waals surface area contributed by atoms with Crippen molar-refractivity contribution in [3.05, 3.63) is 33.9 Å². The molecule has 6 heteroatoms. The van der Waals surface area contributed by atoms with E-state index in [2.05, 4.69) is 22.0 Å². The summed E-state index contributed by atoms with van der Waals surface area (Å²) < 4.78 is 5.60. The van der Waals surface area contributed by atoms with Gasteiger partial charge in [0.1, 0.15) is 5.75 Å². The topological polar surface area (TPSA) is 76.2 Å². The molecule has 0 atom stereocenters. The summed E-state index contributed by atoms with van der Waals surface area (Å²) in [5, 5.41) is 20.1. The molecule has 0 aliphatic rings. The Hall–Kier alpha value is -1.61. The number of hydrogen-bond acceptors (Lipinski definition) is 4. The molecule has 0 saturated carbocycles. The van der Waals surface area contributed by atoms with Crippen molar-refractivity contribution in [2.24, 2.45) is 5.41 Å². The Morgan fingerprint density at radius 1 is 1.53 bits per heavy atom. The van der Waals surface area contributed by atoms with Crippen LogP contribution in [0.5, 0.6) is 5.75 Å². The first-order valence-electron chi connectivity index (χ1n) is 5.77. The van der Waals surface area contributed by atoms with Crippen molar-refractivity contribution in [3.8, 4) is 11.8 Å². The lowest BCUT2D eigenvalue weighted by molar-refractivity contribution is -0.384. The van der Waals surface area contributed by atoms with Crippen LogP contribution < -0.4 is 4.74 Å². The Labute approximate surface area is 120 Å². The molecule has 0 heterocycles. The second kappa shape index (κ2) is 6.53. The number of non-ortho nitro benzene ring substituents is 1. The quantitative estimate of drug-likeness (QED) is 0.452. The number of nitro groups is 1. The molecule has 0 fully saturated rings. The van der Waals surface area contributed by atoms with E-state index >= 15 is 0 Å². The number of nitro benzene ring substituents is 1. The summed E-state index contributed by atoms with van der Waals surface area (Å²) in [7, 11) is 0. The van der Waals surface area contributed by atoms with Gasteiger partial charge < -0.3 is 4.74 Å². The highest BCUT2D eigenvalue weighted by Crippen LogP contribution is 2.27. The molecule has 0 saturated heterocycles. The van der Waals surface area contributed by atoms with Gasteiger partial charge in [0.25, 0.3) is 5.69 Å². The third-order valence-corrected chi connectivity index (χ3v) is 3.29. The molecule has 0 aromatic heterocycles. The van der Waals surface area contributed by atoms with Crippen LogP contribution in [0.25, 0.3) is 0 Å². The van der Waals surface area contributed by atoms with E-state index in [9.17, 15) is 10.1 Å². The zero-order valence-corrected chi connectivity index (χ0v) is 12.4. The van der Waals surface area contributed by atoms with Gasteiger partial charge in [0, 0.05) is 23.0 Å². The summed E-state index contributed by atoms with van der Waals surface area (Å²) in [6.07, 6.45) is 0.599. The molecule has 0 spiro atoms. The first-order valence-corrected chi connectivity index (χ1v) is 6.89. The highest BCUT2D eigenvalue weighted by Gasteiger charge is 2.17. The number of alkyl halides is 1. The van der Waals surface area contributed by atoms with E-state index in [0.717, 1.165) is 5.56 Å². The molecule has 0 radical (unpaired) electrons. The predicted molar refractivity (Wildman–Crippen MR) is 75.2 cm³/mol. The highest BCUT2D eigenvalue weighted by molar-refractivity contribution is 9.08. The predicted octanol–water partition coefficient (Wildman–Crippen LogP) is 3.81. The Bertz CT molecular complexity index is 509. The number of rotatable bonds is 6. The molecule has 0 amide bonds. The molecule has 1 aromatic carbocycles. The number of nitrogens with zero attached hydrogens (tertiary/aromatic N) is 2. The van der Waals surface area contributed by atoms with Gasteiger partial charge in [0.05, 0.1) is 23.0 Å². The zero-order valence-electron chi connectivity index (χ0n) is 10.9. The lowest BCUT2D eigenvalue weighted by Crippen LogP contribution is -2.13. The third-order valence-electron chi connectivity index (χ3n) is 2.69. The van der Waals surface area contributed by atoms with Gasteiger partial charge in [-0.1, -0.05) is 15.9 Å². The molecule has 19 heavy (non-hydrogen) atoms. The van der Waals surface area contributed by atoms with Crippen LogP contribution in [0.3, 0.4) is 0 Å². The van der Waals surface area contributed by atoms with Crippen molar-refractivity contribution >= 4 is 21.6 Å². The minimum Gasteiger partial charge on any atom is -0.493 e. The van der Waals surface area contributed by atoms with E-state index in [-0.39, 0.29) is 5.69 Å². The van der Waals surface area contributed by atoms with E-state index in [1.165, 1.54) is 12.1 Å². The lowest BCUT2D eigenvalue weighted by Gasteiger charge is -2.16. The summed E-state index contributed by atoms with van der Waals surface area (Å²) in [4.78, 5) is 10.2. The van der Waals surface area contributed by atoms with Crippen LogP contribution in [0.4, 0.5) is 5.69 Å². The van der Waals surface area contributed by atoms with Crippen LogP contribution >= 0.6 is 15.9 Å². The fraction of sp³-hybridized carbons (Fsp3) is 0.462. The fourth-order valence-electron chi connectivity index (χ4n) is 1.40. The van der Waals surface area contributed by atoms with Crippen molar-refractivity contribution in [1.82, 2.24) is 0 Å². The van der Waals surface area contributed by atoms with Crippen LogP contribution in [-0.4, -0.2) is 11.5 Å². The Morgan fingerprint density at radius 3 is 2.74 bits per heavy atom. The summed E-state index contributed by atoms with van der Waals surface area (Å²) in [6, 6.07) is 6.69. The number of benzene rings is 1. The van der Waals surface area contributed by atoms with Gasteiger partial charge >= 0.3 is 0 Å². The summed E-state index contributed by atoms with van der Waals surface area (Å²) in [5.74, 6) is 0.608. The van der Waals surface area contributed by atoms with E-state index in [0.29, 0.717) is 24.1 Å². The maximum Gasteiger partial charge on any atom is 0.270 e. The van der Waals surface area contributed by atoms with Crippen LogP contribution in [0.15, 0.2) is 18.2 Å². The SMILES string of the molecule is CC(C)(C#N)CCOc1ccc([N+](=O)[O-])cc1CBr. The molecule has 0 aliphatic carbocycles. The van der Waals surface area contributed by atoms with Crippen molar-refractivity contribution in [2.75, 3.05) is 6.61 Å². The molecule has 1 aromatic rings.